The fraction of sp³-hybridized carbons (Fsp3) is 0. The second kappa shape index (κ2) is 9.74. The highest BCUT2D eigenvalue weighted by Crippen LogP contribution is 2.37. The minimum atomic E-state index is -0.390. The van der Waals surface area contributed by atoms with Gasteiger partial charge in [0.05, 0.1) is 5.02 Å². The monoisotopic (exact) mass is 507 g/mol. The summed E-state index contributed by atoms with van der Waals surface area (Å²) >= 11 is 7.75. The summed E-state index contributed by atoms with van der Waals surface area (Å²) in [7, 11) is 0. The minimum Gasteiger partial charge on any atom is -0.457 e. The number of rotatable bonds is 6. The lowest BCUT2D eigenvalue weighted by atomic mass is 10.2. The Morgan fingerprint density at radius 2 is 1.29 bits per heavy atom. The average Bonchev–Trinajstić information content (AvgIpc) is 3.19. The van der Waals surface area contributed by atoms with Crippen molar-refractivity contribution in [3.05, 3.63) is 113 Å². The van der Waals surface area contributed by atoms with Crippen LogP contribution in [0, 0.1) is 11.6 Å². The number of nitrogens with one attached hydrogen (secondary N) is 1. The molecule has 1 aromatic heterocycles. The van der Waals surface area contributed by atoms with Gasteiger partial charge in [-0.1, -0.05) is 29.8 Å². The molecule has 0 atom stereocenters. The lowest BCUT2D eigenvalue weighted by Gasteiger charge is -2.13. The van der Waals surface area contributed by atoms with Crippen molar-refractivity contribution in [2.45, 2.75) is 0 Å². The molecule has 0 saturated heterocycles. The number of carbonyl (C=O) groups excluding carboxylic acids is 1. The molecule has 35 heavy (non-hydrogen) atoms. The molecule has 0 fully saturated rings. The number of fused-ring (bicyclic) bond motifs is 1. The van der Waals surface area contributed by atoms with Gasteiger partial charge in [0.25, 0.3) is 5.91 Å². The first kappa shape index (κ1) is 22.8. The van der Waals surface area contributed by atoms with Crippen molar-refractivity contribution in [2.75, 3.05) is 5.32 Å². The van der Waals surface area contributed by atoms with Gasteiger partial charge in [0.15, 0.2) is 0 Å². The maximum atomic E-state index is 13.3. The standard InChI is InChI=1S/C27H16ClF2NO3S/c28-25-23-3-1-2-4-24(23)35-26(25)27(32)31-18-13-21(33-19-9-5-16(29)6-10-19)15-22(14-18)34-20-11-7-17(30)8-12-20/h1-15H,(H,31,32). The number of benzene rings is 4. The third-order valence-corrected chi connectivity index (χ3v) is 6.65. The Balaban J connectivity index is 1.46. The van der Waals surface area contributed by atoms with Crippen LogP contribution in [0.15, 0.2) is 91.0 Å². The molecule has 174 valence electrons. The second-order valence-corrected chi connectivity index (χ2v) is 8.93. The molecular weight excluding hydrogens is 492 g/mol. The quantitative estimate of drug-likeness (QED) is 0.250. The molecule has 5 aromatic rings. The van der Waals surface area contributed by atoms with Crippen LogP contribution in [0.25, 0.3) is 10.1 Å². The summed E-state index contributed by atoms with van der Waals surface area (Å²) in [5.41, 5.74) is 0.389. The van der Waals surface area contributed by atoms with Crippen molar-refractivity contribution in [1.82, 2.24) is 0 Å². The van der Waals surface area contributed by atoms with E-state index in [1.165, 1.54) is 59.9 Å². The number of hydrogen-bond acceptors (Lipinski definition) is 4. The summed E-state index contributed by atoms with van der Waals surface area (Å²) in [6.45, 7) is 0. The fourth-order valence-electron chi connectivity index (χ4n) is 3.39. The smallest absolute Gasteiger partial charge is 0.267 e. The van der Waals surface area contributed by atoms with Crippen LogP contribution in [-0.4, -0.2) is 5.91 Å². The van der Waals surface area contributed by atoms with Crippen molar-refractivity contribution < 1.29 is 23.0 Å². The molecule has 0 unspecified atom stereocenters. The van der Waals surface area contributed by atoms with Gasteiger partial charge in [0.2, 0.25) is 0 Å². The Hall–Kier alpha value is -3.94. The number of halogens is 3. The molecule has 4 aromatic carbocycles. The van der Waals surface area contributed by atoms with Gasteiger partial charge in [0.1, 0.15) is 39.5 Å². The van der Waals surface area contributed by atoms with Gasteiger partial charge in [0, 0.05) is 34.0 Å². The van der Waals surface area contributed by atoms with Crippen LogP contribution < -0.4 is 14.8 Å². The highest BCUT2D eigenvalue weighted by molar-refractivity contribution is 7.21. The molecule has 5 rings (SSSR count). The second-order valence-electron chi connectivity index (χ2n) is 7.50. The van der Waals surface area contributed by atoms with E-state index in [9.17, 15) is 13.6 Å². The van der Waals surface area contributed by atoms with Crippen molar-refractivity contribution in [3.63, 3.8) is 0 Å². The molecule has 0 aliphatic heterocycles. The SMILES string of the molecule is O=C(Nc1cc(Oc2ccc(F)cc2)cc(Oc2ccc(F)cc2)c1)c1sc2ccccc2c1Cl. The molecule has 0 radical (unpaired) electrons. The van der Waals surface area contributed by atoms with Gasteiger partial charge >= 0.3 is 0 Å². The third kappa shape index (κ3) is 5.26. The topological polar surface area (TPSA) is 47.6 Å². The molecule has 0 aliphatic rings. The van der Waals surface area contributed by atoms with E-state index in [1.54, 1.807) is 18.2 Å². The first-order valence-corrected chi connectivity index (χ1v) is 11.6. The predicted molar refractivity (Wildman–Crippen MR) is 134 cm³/mol. The molecule has 0 bridgehead atoms. The summed E-state index contributed by atoms with van der Waals surface area (Å²) < 4.78 is 39.2. The van der Waals surface area contributed by atoms with Crippen LogP contribution in [0.2, 0.25) is 5.02 Å². The summed E-state index contributed by atoms with van der Waals surface area (Å²) in [6.07, 6.45) is 0. The fourth-order valence-corrected chi connectivity index (χ4v) is 4.80. The van der Waals surface area contributed by atoms with Crippen LogP contribution in [0.3, 0.4) is 0 Å². The maximum absolute atomic E-state index is 13.3. The Morgan fingerprint density at radius 1 is 0.743 bits per heavy atom. The van der Waals surface area contributed by atoms with Crippen molar-refractivity contribution in [3.8, 4) is 23.0 Å². The Morgan fingerprint density at radius 3 is 1.83 bits per heavy atom. The van der Waals surface area contributed by atoms with E-state index in [-0.39, 0.29) is 17.5 Å². The summed E-state index contributed by atoms with van der Waals surface area (Å²) in [6, 6.07) is 23.4. The minimum absolute atomic E-state index is 0.342. The van der Waals surface area contributed by atoms with Gasteiger partial charge in [-0.3, -0.25) is 4.79 Å². The van der Waals surface area contributed by atoms with Gasteiger partial charge in [-0.2, -0.15) is 0 Å². The number of anilines is 1. The van der Waals surface area contributed by atoms with Gasteiger partial charge in [-0.15, -0.1) is 11.3 Å². The normalized spacial score (nSPS) is 10.8. The molecule has 4 nitrogen and oxygen atoms in total. The molecule has 1 amide bonds. The van der Waals surface area contributed by atoms with E-state index in [0.29, 0.717) is 38.6 Å². The number of hydrogen-bond donors (Lipinski definition) is 1. The van der Waals surface area contributed by atoms with Gasteiger partial charge in [-0.25, -0.2) is 8.78 Å². The van der Waals surface area contributed by atoms with E-state index < -0.39 is 0 Å². The maximum Gasteiger partial charge on any atom is 0.267 e. The Kier molecular flexibility index (Phi) is 6.35. The highest BCUT2D eigenvalue weighted by atomic mass is 35.5. The highest BCUT2D eigenvalue weighted by Gasteiger charge is 2.18. The summed E-state index contributed by atoms with van der Waals surface area (Å²) in [5.74, 6) is 0.314. The van der Waals surface area contributed by atoms with Crippen molar-refractivity contribution >= 4 is 44.6 Å². The van der Waals surface area contributed by atoms with E-state index in [2.05, 4.69) is 5.32 Å². The van der Waals surface area contributed by atoms with E-state index in [4.69, 9.17) is 21.1 Å². The Bertz CT molecular complexity index is 1450. The first-order chi connectivity index (χ1) is 16.9. The van der Waals surface area contributed by atoms with Crippen molar-refractivity contribution in [1.29, 1.82) is 0 Å². The first-order valence-electron chi connectivity index (χ1n) is 10.4. The number of thiophene rings is 1. The van der Waals surface area contributed by atoms with Crippen LogP contribution >= 0.6 is 22.9 Å². The lowest BCUT2D eigenvalue weighted by molar-refractivity contribution is 0.103. The molecule has 1 heterocycles. The molecule has 0 spiro atoms. The van der Waals surface area contributed by atoms with E-state index in [1.807, 2.05) is 24.3 Å². The van der Waals surface area contributed by atoms with Crippen LogP contribution in [0.4, 0.5) is 14.5 Å². The van der Waals surface area contributed by atoms with Crippen LogP contribution in [0.5, 0.6) is 23.0 Å². The zero-order chi connectivity index (χ0) is 24.4. The zero-order valence-electron chi connectivity index (χ0n) is 17.9. The van der Waals surface area contributed by atoms with Crippen LogP contribution in [0.1, 0.15) is 9.67 Å². The summed E-state index contributed by atoms with van der Waals surface area (Å²) in [5, 5.41) is 4.02. The molecular formula is C27H16ClF2NO3S. The number of amides is 1. The van der Waals surface area contributed by atoms with E-state index >= 15 is 0 Å². The predicted octanol–water partition coefficient (Wildman–Crippen LogP) is 8.67. The Labute approximate surface area is 208 Å². The molecule has 0 saturated carbocycles. The van der Waals surface area contributed by atoms with Crippen LogP contribution in [-0.2, 0) is 0 Å². The van der Waals surface area contributed by atoms with Gasteiger partial charge in [-0.05, 0) is 54.6 Å². The van der Waals surface area contributed by atoms with E-state index in [0.717, 1.165) is 10.1 Å². The number of ether oxygens (including phenoxy) is 2. The lowest BCUT2D eigenvalue weighted by Crippen LogP contribution is -2.10. The van der Waals surface area contributed by atoms with Crippen molar-refractivity contribution in [2.24, 2.45) is 0 Å². The molecule has 0 aliphatic carbocycles. The van der Waals surface area contributed by atoms with Gasteiger partial charge < -0.3 is 14.8 Å². The average molecular weight is 508 g/mol. The molecule has 8 heteroatoms. The summed E-state index contributed by atoms with van der Waals surface area (Å²) in [4.78, 5) is 13.4. The number of carbonyl (C=O) groups is 1. The zero-order valence-corrected chi connectivity index (χ0v) is 19.5. The molecule has 1 N–H and O–H groups in total. The third-order valence-electron chi connectivity index (χ3n) is 4.98. The largest absolute Gasteiger partial charge is 0.457 e.